The maximum absolute atomic E-state index is 13.3. The maximum Gasteiger partial charge on any atom is 0.339 e. The molecule has 3 rings (SSSR count). The van der Waals surface area contributed by atoms with Gasteiger partial charge in [-0.15, -0.1) is 0 Å². The molecule has 0 bridgehead atoms. The van der Waals surface area contributed by atoms with Crippen molar-refractivity contribution >= 4 is 11.8 Å². The molecule has 5 heteroatoms. The van der Waals surface area contributed by atoms with Crippen LogP contribution in [0, 0.1) is 5.82 Å². The van der Waals surface area contributed by atoms with Gasteiger partial charge in [-0.2, -0.15) is 0 Å². The number of rotatable bonds is 2. The van der Waals surface area contributed by atoms with E-state index >= 15 is 0 Å². The third kappa shape index (κ3) is 1.79. The Morgan fingerprint density at radius 2 is 2.05 bits per heavy atom. The summed E-state index contributed by atoms with van der Waals surface area (Å²) in [6.07, 6.45) is 1.30. The zero-order valence-corrected chi connectivity index (χ0v) is 10.6. The van der Waals surface area contributed by atoms with E-state index in [4.69, 9.17) is 4.74 Å². The van der Waals surface area contributed by atoms with Gasteiger partial charge in [-0.3, -0.25) is 9.78 Å². The van der Waals surface area contributed by atoms with Gasteiger partial charge in [0, 0.05) is 17.3 Å². The van der Waals surface area contributed by atoms with Gasteiger partial charge in [0.05, 0.1) is 12.2 Å². The maximum atomic E-state index is 13.3. The molecule has 0 atom stereocenters. The molecule has 0 radical (unpaired) electrons. The van der Waals surface area contributed by atoms with Crippen LogP contribution in [0.4, 0.5) is 4.39 Å². The van der Waals surface area contributed by atoms with Crippen molar-refractivity contribution in [3.05, 3.63) is 53.1 Å². The number of pyridine rings is 1. The molecular weight excluding hydrogens is 261 g/mol. The highest BCUT2D eigenvalue weighted by Gasteiger charge is 2.29. The van der Waals surface area contributed by atoms with Crippen LogP contribution in [0.2, 0.25) is 0 Å². The van der Waals surface area contributed by atoms with Crippen LogP contribution < -0.4 is 0 Å². The summed E-state index contributed by atoms with van der Waals surface area (Å²) in [6, 6.07) is 5.45. The number of esters is 1. The van der Waals surface area contributed by atoms with Crippen LogP contribution in [-0.2, 0) is 4.74 Å². The van der Waals surface area contributed by atoms with E-state index in [1.165, 1.54) is 30.5 Å². The molecule has 0 unspecified atom stereocenters. The molecule has 1 aliphatic carbocycles. The number of hydrogen-bond acceptors (Lipinski definition) is 4. The van der Waals surface area contributed by atoms with E-state index in [-0.39, 0.29) is 23.6 Å². The van der Waals surface area contributed by atoms with Gasteiger partial charge in [0.2, 0.25) is 5.78 Å². The molecule has 1 aromatic heterocycles. The lowest BCUT2D eigenvalue weighted by Crippen LogP contribution is -2.06. The number of benzene rings is 1. The first-order valence-electron chi connectivity index (χ1n) is 6.13. The number of ketones is 1. The van der Waals surface area contributed by atoms with Crippen LogP contribution >= 0.6 is 0 Å². The Labute approximate surface area is 114 Å². The van der Waals surface area contributed by atoms with E-state index < -0.39 is 11.8 Å². The van der Waals surface area contributed by atoms with Crippen LogP contribution in [0.3, 0.4) is 0 Å². The fraction of sp³-hybridized carbons (Fsp3) is 0.133. The monoisotopic (exact) mass is 271 g/mol. The first-order valence-corrected chi connectivity index (χ1v) is 6.13. The van der Waals surface area contributed by atoms with Gasteiger partial charge >= 0.3 is 5.97 Å². The van der Waals surface area contributed by atoms with E-state index in [1.807, 2.05) is 0 Å². The summed E-state index contributed by atoms with van der Waals surface area (Å²) in [5.41, 5.74) is 1.81. The first-order chi connectivity index (χ1) is 9.61. The molecule has 0 aliphatic heterocycles. The van der Waals surface area contributed by atoms with E-state index in [2.05, 4.69) is 4.98 Å². The topological polar surface area (TPSA) is 56.3 Å². The summed E-state index contributed by atoms with van der Waals surface area (Å²) in [4.78, 5) is 27.8. The molecule has 0 N–H and O–H groups in total. The van der Waals surface area contributed by atoms with Crippen molar-refractivity contribution in [2.45, 2.75) is 6.92 Å². The Balaban J connectivity index is 2.15. The zero-order valence-electron chi connectivity index (χ0n) is 10.6. The van der Waals surface area contributed by atoms with Gasteiger partial charge in [0.15, 0.2) is 0 Å². The lowest BCUT2D eigenvalue weighted by molar-refractivity contribution is 0.0525. The average Bonchev–Trinajstić information content (AvgIpc) is 2.72. The van der Waals surface area contributed by atoms with Gasteiger partial charge in [0.25, 0.3) is 0 Å². The summed E-state index contributed by atoms with van der Waals surface area (Å²) in [5, 5.41) is 0. The summed E-state index contributed by atoms with van der Waals surface area (Å²) in [6.45, 7) is 1.95. The smallest absolute Gasteiger partial charge is 0.339 e. The highest BCUT2D eigenvalue weighted by atomic mass is 19.1. The minimum Gasteiger partial charge on any atom is -0.462 e. The fourth-order valence-electron chi connectivity index (χ4n) is 2.24. The predicted molar refractivity (Wildman–Crippen MR) is 69.0 cm³/mol. The van der Waals surface area contributed by atoms with Crippen molar-refractivity contribution in [3.8, 4) is 11.1 Å². The van der Waals surface area contributed by atoms with Gasteiger partial charge in [-0.1, -0.05) is 0 Å². The normalized spacial score (nSPS) is 12.0. The molecule has 1 aromatic carbocycles. The SMILES string of the molecule is CCOC(=O)c1cnc2c(c1)-c1cc(F)ccc1C2=O. The van der Waals surface area contributed by atoms with E-state index in [0.717, 1.165) is 0 Å². The lowest BCUT2D eigenvalue weighted by atomic mass is 10.1. The van der Waals surface area contributed by atoms with Gasteiger partial charge in [-0.05, 0) is 36.8 Å². The Bertz CT molecular complexity index is 740. The minimum absolute atomic E-state index is 0.235. The third-order valence-corrected chi connectivity index (χ3v) is 3.13. The van der Waals surface area contributed by atoms with Crippen LogP contribution in [0.5, 0.6) is 0 Å². The molecule has 0 spiro atoms. The van der Waals surface area contributed by atoms with Crippen molar-refractivity contribution in [2.24, 2.45) is 0 Å². The van der Waals surface area contributed by atoms with E-state index in [0.29, 0.717) is 16.7 Å². The number of carbonyl (C=O) groups is 2. The third-order valence-electron chi connectivity index (χ3n) is 3.13. The second kappa shape index (κ2) is 4.52. The number of nitrogens with zero attached hydrogens (tertiary/aromatic N) is 1. The number of fused-ring (bicyclic) bond motifs is 3. The Hall–Kier alpha value is -2.56. The Kier molecular flexibility index (Phi) is 2.82. The molecule has 0 fully saturated rings. The number of carbonyl (C=O) groups excluding carboxylic acids is 2. The highest BCUT2D eigenvalue weighted by molar-refractivity contribution is 6.20. The molecule has 0 saturated carbocycles. The molecule has 1 aliphatic rings. The molecule has 100 valence electrons. The predicted octanol–water partition coefficient (Wildman–Crippen LogP) is 2.61. The van der Waals surface area contributed by atoms with Crippen molar-refractivity contribution in [1.29, 1.82) is 0 Å². The van der Waals surface area contributed by atoms with Crippen molar-refractivity contribution in [3.63, 3.8) is 0 Å². The molecule has 1 heterocycles. The Morgan fingerprint density at radius 1 is 1.25 bits per heavy atom. The summed E-state index contributed by atoms with van der Waals surface area (Å²) < 4.78 is 18.2. The minimum atomic E-state index is -0.514. The molecule has 4 nitrogen and oxygen atoms in total. The van der Waals surface area contributed by atoms with Crippen LogP contribution in [0.25, 0.3) is 11.1 Å². The van der Waals surface area contributed by atoms with Crippen molar-refractivity contribution in [1.82, 2.24) is 4.98 Å². The van der Waals surface area contributed by atoms with Crippen LogP contribution in [0.1, 0.15) is 33.3 Å². The average molecular weight is 271 g/mol. The molecular formula is C15H10FNO3. The number of hydrogen-bond donors (Lipinski definition) is 0. The van der Waals surface area contributed by atoms with Crippen LogP contribution in [0.15, 0.2) is 30.5 Å². The fourth-order valence-corrected chi connectivity index (χ4v) is 2.24. The standard InChI is InChI=1S/C15H10FNO3/c1-2-20-15(19)8-5-12-11-6-9(16)3-4-10(11)14(18)13(12)17-7-8/h3-7H,2H2,1H3. The first kappa shape index (κ1) is 12.5. The van der Waals surface area contributed by atoms with Gasteiger partial charge in [0.1, 0.15) is 11.5 Å². The summed E-state index contributed by atoms with van der Waals surface area (Å²) >= 11 is 0. The number of ether oxygens (including phenoxy) is 1. The van der Waals surface area contributed by atoms with Gasteiger partial charge in [-0.25, -0.2) is 9.18 Å². The van der Waals surface area contributed by atoms with Crippen molar-refractivity contribution < 1.29 is 18.7 Å². The number of halogens is 1. The summed E-state index contributed by atoms with van der Waals surface area (Å²) in [7, 11) is 0. The highest BCUT2D eigenvalue weighted by Crippen LogP contribution is 2.36. The number of aromatic nitrogens is 1. The second-order valence-electron chi connectivity index (χ2n) is 4.36. The van der Waals surface area contributed by atoms with Crippen LogP contribution in [-0.4, -0.2) is 23.3 Å². The Morgan fingerprint density at radius 3 is 2.80 bits per heavy atom. The van der Waals surface area contributed by atoms with E-state index in [1.54, 1.807) is 6.92 Å². The lowest BCUT2D eigenvalue weighted by Gasteiger charge is -2.04. The van der Waals surface area contributed by atoms with E-state index in [9.17, 15) is 14.0 Å². The quantitative estimate of drug-likeness (QED) is 0.672. The molecule has 2 aromatic rings. The zero-order chi connectivity index (χ0) is 14.3. The second-order valence-corrected chi connectivity index (χ2v) is 4.36. The summed E-state index contributed by atoms with van der Waals surface area (Å²) in [5.74, 6) is -1.21. The van der Waals surface area contributed by atoms with Crippen molar-refractivity contribution in [2.75, 3.05) is 6.61 Å². The largest absolute Gasteiger partial charge is 0.462 e. The molecule has 0 saturated heterocycles. The van der Waals surface area contributed by atoms with Gasteiger partial charge < -0.3 is 4.74 Å². The molecule has 0 amide bonds. The molecule has 20 heavy (non-hydrogen) atoms.